The van der Waals surface area contributed by atoms with Gasteiger partial charge in [0.15, 0.2) is 12.6 Å². The summed E-state index contributed by atoms with van der Waals surface area (Å²) >= 11 is 0. The molecule has 0 aromatic carbocycles. The van der Waals surface area contributed by atoms with Gasteiger partial charge in [0.25, 0.3) is 0 Å². The van der Waals surface area contributed by atoms with Crippen LogP contribution in [0.2, 0.25) is 0 Å². The van der Waals surface area contributed by atoms with Crippen LogP contribution in [-0.2, 0) is 23.7 Å². The lowest BCUT2D eigenvalue weighted by molar-refractivity contribution is -0.359. The lowest BCUT2D eigenvalue weighted by atomic mass is 9.97. The molecule has 584 valence electrons. The number of amides is 1. The fraction of sp³-hybridized carbons (Fsp3) is 0.918. The van der Waals surface area contributed by atoms with Gasteiger partial charge in [0.05, 0.1) is 32.0 Å². The van der Waals surface area contributed by atoms with Crippen molar-refractivity contribution in [3.05, 3.63) is 36.5 Å². The molecule has 0 aromatic rings. The van der Waals surface area contributed by atoms with E-state index in [0.29, 0.717) is 12.8 Å². The Hall–Kier alpha value is -1.79. The molecule has 2 rings (SSSR count). The van der Waals surface area contributed by atoms with Crippen molar-refractivity contribution >= 4 is 5.91 Å². The minimum atomic E-state index is -1.79. The molecule has 0 aromatic heterocycles. The largest absolute Gasteiger partial charge is 0.394 e. The molecule has 99 heavy (non-hydrogen) atoms. The standard InChI is InChI=1S/C85H161NO13/c1-3-5-7-9-11-13-15-17-19-21-23-25-27-29-31-32-33-34-35-36-37-38-39-40-41-43-45-47-49-51-53-55-57-59-61-63-65-67-69-77(90)86-73(72-96-84-82(95)80(93)83(76(71-88)98-84)99-85-81(94)79(92)78(91)75(70-87)97-85)74(89)68-66-64-62-60-58-56-54-52-50-48-46-44-42-30-28-26-24-22-20-18-16-14-12-10-8-6-4-2/h50,52,58,60,66,68,73-76,78-85,87-89,91-95H,3-49,51,53-57,59,61-65,67,69-72H2,1-2H3,(H,86,90)/b52-50+,60-58+,68-66+. The minimum Gasteiger partial charge on any atom is -0.394 e. The number of hydrogen-bond donors (Lipinski definition) is 9. The molecular weight excluding hydrogens is 1240 g/mol. The molecule has 12 unspecified atom stereocenters. The third-order valence-electron chi connectivity index (χ3n) is 21.1. The topological polar surface area (TPSA) is 228 Å². The quantitative estimate of drug-likeness (QED) is 0.0204. The zero-order valence-electron chi connectivity index (χ0n) is 64.3. The summed E-state index contributed by atoms with van der Waals surface area (Å²) in [5.41, 5.74) is 0. The number of hydrogen-bond acceptors (Lipinski definition) is 13. The van der Waals surface area contributed by atoms with Crippen LogP contribution in [0.3, 0.4) is 0 Å². The molecular formula is C85H161NO13. The van der Waals surface area contributed by atoms with Crippen LogP contribution in [0.15, 0.2) is 36.5 Å². The molecule has 2 aliphatic heterocycles. The zero-order valence-corrected chi connectivity index (χ0v) is 64.3. The smallest absolute Gasteiger partial charge is 0.220 e. The SMILES string of the molecule is CCCCCCCCCCCCCCCCCCC/C=C/CC/C=C/CC/C=C/C(O)C(COC1OC(CO)C(OC2OC(CO)C(O)C(O)C2O)C(O)C1O)NC(=O)CCCCCCCCCCCCCCCCCCCCCCCCCCCCCCCCCCCCCCCC. The average Bonchev–Trinajstić information content (AvgIpc) is 0.794. The Labute approximate surface area is 608 Å². The summed E-state index contributed by atoms with van der Waals surface area (Å²) in [6, 6.07) is -0.938. The van der Waals surface area contributed by atoms with Crippen LogP contribution in [0, 0.1) is 0 Å². The molecule has 0 bridgehead atoms. The van der Waals surface area contributed by atoms with Crippen molar-refractivity contribution in [1.29, 1.82) is 0 Å². The van der Waals surface area contributed by atoms with E-state index < -0.39 is 86.8 Å². The highest BCUT2D eigenvalue weighted by Gasteiger charge is 2.51. The van der Waals surface area contributed by atoms with E-state index in [1.165, 1.54) is 327 Å². The van der Waals surface area contributed by atoms with E-state index in [0.717, 1.165) is 44.9 Å². The normalized spacial score (nSPS) is 22.0. The van der Waals surface area contributed by atoms with Crippen molar-refractivity contribution in [1.82, 2.24) is 5.32 Å². The highest BCUT2D eigenvalue weighted by molar-refractivity contribution is 5.76. The Kier molecular flexibility index (Phi) is 65.3. The number of rotatable bonds is 73. The molecule has 2 saturated heterocycles. The average molecular weight is 1410 g/mol. The Morgan fingerprint density at radius 3 is 0.990 bits per heavy atom. The number of aliphatic hydroxyl groups excluding tert-OH is 8. The third-order valence-corrected chi connectivity index (χ3v) is 21.1. The number of carbonyl (C=O) groups excluding carboxylic acids is 1. The number of unbranched alkanes of at least 4 members (excludes halogenated alkanes) is 56. The molecule has 2 fully saturated rings. The first-order chi connectivity index (χ1) is 48.6. The number of ether oxygens (including phenoxy) is 4. The molecule has 0 saturated carbocycles. The Balaban J connectivity index is 1.59. The van der Waals surface area contributed by atoms with Gasteiger partial charge >= 0.3 is 0 Å². The van der Waals surface area contributed by atoms with Crippen LogP contribution in [0.25, 0.3) is 0 Å². The summed E-state index contributed by atoms with van der Waals surface area (Å²) in [6.45, 7) is 2.85. The highest BCUT2D eigenvalue weighted by Crippen LogP contribution is 2.30. The van der Waals surface area contributed by atoms with Gasteiger partial charge in [-0.2, -0.15) is 0 Å². The number of aliphatic hydroxyl groups is 8. The number of carbonyl (C=O) groups is 1. The van der Waals surface area contributed by atoms with Gasteiger partial charge in [0, 0.05) is 6.42 Å². The molecule has 1 amide bonds. The van der Waals surface area contributed by atoms with Gasteiger partial charge < -0.3 is 65.1 Å². The molecule has 0 radical (unpaired) electrons. The number of allylic oxidation sites excluding steroid dienone is 5. The van der Waals surface area contributed by atoms with Crippen LogP contribution in [0.5, 0.6) is 0 Å². The minimum absolute atomic E-state index is 0.244. The van der Waals surface area contributed by atoms with Gasteiger partial charge in [-0.05, 0) is 44.9 Å². The zero-order chi connectivity index (χ0) is 71.5. The third kappa shape index (κ3) is 51.9. The summed E-state index contributed by atoms with van der Waals surface area (Å²) in [5.74, 6) is -0.244. The first-order valence-corrected chi connectivity index (χ1v) is 42.7. The maximum atomic E-state index is 13.4. The van der Waals surface area contributed by atoms with E-state index in [9.17, 15) is 45.6 Å². The summed E-state index contributed by atoms with van der Waals surface area (Å²) in [7, 11) is 0. The summed E-state index contributed by atoms with van der Waals surface area (Å²) < 4.78 is 22.9. The Bertz CT molecular complexity index is 1800. The van der Waals surface area contributed by atoms with Crippen molar-refractivity contribution in [2.75, 3.05) is 19.8 Å². The van der Waals surface area contributed by atoms with Gasteiger partial charge in [0.1, 0.15) is 48.8 Å². The highest BCUT2D eigenvalue weighted by atomic mass is 16.7. The predicted octanol–water partition coefficient (Wildman–Crippen LogP) is 20.0. The van der Waals surface area contributed by atoms with Crippen LogP contribution in [0.4, 0.5) is 0 Å². The van der Waals surface area contributed by atoms with Gasteiger partial charge in [-0.25, -0.2) is 0 Å². The van der Waals surface area contributed by atoms with Gasteiger partial charge in [-0.3, -0.25) is 4.79 Å². The van der Waals surface area contributed by atoms with Crippen LogP contribution >= 0.6 is 0 Å². The monoisotopic (exact) mass is 1400 g/mol. The van der Waals surface area contributed by atoms with E-state index in [2.05, 4.69) is 43.5 Å². The fourth-order valence-electron chi connectivity index (χ4n) is 14.3. The summed E-state index contributed by atoms with van der Waals surface area (Å²) in [4.78, 5) is 13.4. The van der Waals surface area contributed by atoms with Crippen molar-refractivity contribution in [3.63, 3.8) is 0 Å². The molecule has 14 heteroatoms. The number of nitrogens with one attached hydrogen (secondary N) is 1. The van der Waals surface area contributed by atoms with Crippen molar-refractivity contribution in [2.24, 2.45) is 0 Å². The lowest BCUT2D eigenvalue weighted by Crippen LogP contribution is -2.65. The second-order valence-corrected chi connectivity index (χ2v) is 30.3. The van der Waals surface area contributed by atoms with Crippen molar-refractivity contribution < 1.29 is 64.6 Å². The molecule has 0 aliphatic carbocycles. The van der Waals surface area contributed by atoms with Gasteiger partial charge in [-0.1, -0.05) is 391 Å². The Morgan fingerprint density at radius 2 is 0.646 bits per heavy atom. The second kappa shape index (κ2) is 69.3. The predicted molar refractivity (Wildman–Crippen MR) is 411 cm³/mol. The molecule has 12 atom stereocenters. The van der Waals surface area contributed by atoms with Crippen molar-refractivity contribution in [3.8, 4) is 0 Å². The van der Waals surface area contributed by atoms with Crippen molar-refractivity contribution in [2.45, 2.75) is 479 Å². The van der Waals surface area contributed by atoms with E-state index in [4.69, 9.17) is 18.9 Å². The van der Waals surface area contributed by atoms with Crippen LogP contribution < -0.4 is 5.32 Å². The maximum absolute atomic E-state index is 13.4. The van der Waals surface area contributed by atoms with Gasteiger partial charge in [0.2, 0.25) is 5.91 Å². The fourth-order valence-corrected chi connectivity index (χ4v) is 14.3. The molecule has 14 nitrogen and oxygen atoms in total. The van der Waals surface area contributed by atoms with Crippen LogP contribution in [-0.4, -0.2) is 140 Å². The summed E-state index contributed by atoms with van der Waals surface area (Å²) in [6.07, 6.45) is 75.5. The van der Waals surface area contributed by atoms with E-state index >= 15 is 0 Å². The lowest BCUT2D eigenvalue weighted by Gasteiger charge is -2.46. The first kappa shape index (κ1) is 93.3. The second-order valence-electron chi connectivity index (χ2n) is 30.3. The van der Waals surface area contributed by atoms with E-state index in [-0.39, 0.29) is 18.9 Å². The molecule has 9 N–H and O–H groups in total. The summed E-state index contributed by atoms with van der Waals surface area (Å²) in [5, 5.41) is 87.7. The van der Waals surface area contributed by atoms with E-state index in [1.54, 1.807) is 6.08 Å². The van der Waals surface area contributed by atoms with E-state index in [1.807, 2.05) is 6.08 Å². The Morgan fingerprint density at radius 1 is 0.354 bits per heavy atom. The first-order valence-electron chi connectivity index (χ1n) is 42.7. The molecule has 2 aliphatic rings. The van der Waals surface area contributed by atoms with Crippen LogP contribution in [0.1, 0.15) is 406 Å². The maximum Gasteiger partial charge on any atom is 0.220 e. The van der Waals surface area contributed by atoms with Gasteiger partial charge in [-0.15, -0.1) is 0 Å². The molecule has 0 spiro atoms. The molecule has 2 heterocycles.